The summed E-state index contributed by atoms with van der Waals surface area (Å²) in [4.78, 5) is 16.1. The minimum atomic E-state index is -0.0699. The molecule has 21 heavy (non-hydrogen) atoms. The predicted molar refractivity (Wildman–Crippen MR) is 85.3 cm³/mol. The van der Waals surface area contributed by atoms with E-state index >= 15 is 0 Å². The van der Waals surface area contributed by atoms with Gasteiger partial charge in [-0.25, -0.2) is 0 Å². The van der Waals surface area contributed by atoms with Gasteiger partial charge in [-0.3, -0.25) is 9.78 Å². The quantitative estimate of drug-likeness (QED) is 0.911. The van der Waals surface area contributed by atoms with E-state index in [1.165, 1.54) is 5.56 Å². The van der Waals surface area contributed by atoms with E-state index in [-0.39, 0.29) is 17.4 Å². The van der Waals surface area contributed by atoms with E-state index in [1.54, 1.807) is 24.5 Å². The number of amides is 1. The molecule has 1 aromatic heterocycles. The summed E-state index contributed by atoms with van der Waals surface area (Å²) < 4.78 is 0. The molecule has 0 aliphatic carbocycles. The van der Waals surface area contributed by atoms with Crippen molar-refractivity contribution < 1.29 is 4.79 Å². The van der Waals surface area contributed by atoms with Crippen molar-refractivity contribution in [2.24, 2.45) is 0 Å². The van der Waals surface area contributed by atoms with Crippen molar-refractivity contribution in [3.63, 3.8) is 0 Å². The van der Waals surface area contributed by atoms with Crippen molar-refractivity contribution in [1.82, 2.24) is 10.3 Å². The lowest BCUT2D eigenvalue weighted by molar-refractivity contribution is 0.0934. The van der Waals surface area contributed by atoms with Crippen molar-refractivity contribution in [2.75, 3.05) is 0 Å². The average molecular weight is 282 g/mol. The first kappa shape index (κ1) is 15.2. The standard InChI is InChI=1S/C18H22N2O/c1-14(20-17(21)15-8-7-11-19-13-15)12-18(2,3)16-9-5-4-6-10-16/h4-11,13-14H,12H2,1-3H3,(H,20,21). The molecule has 3 heteroatoms. The summed E-state index contributed by atoms with van der Waals surface area (Å²) in [6.07, 6.45) is 4.13. The van der Waals surface area contributed by atoms with Gasteiger partial charge in [0.2, 0.25) is 0 Å². The van der Waals surface area contributed by atoms with Crippen LogP contribution in [0.5, 0.6) is 0 Å². The first-order chi connectivity index (χ1) is 9.99. The van der Waals surface area contributed by atoms with Crippen LogP contribution in [0.2, 0.25) is 0 Å². The van der Waals surface area contributed by atoms with E-state index in [0.717, 1.165) is 6.42 Å². The van der Waals surface area contributed by atoms with E-state index < -0.39 is 0 Å². The van der Waals surface area contributed by atoms with Crippen molar-refractivity contribution in [3.05, 3.63) is 66.0 Å². The molecule has 0 bridgehead atoms. The first-order valence-electron chi connectivity index (χ1n) is 7.25. The SMILES string of the molecule is CC(CC(C)(C)c1ccccc1)NC(=O)c1cccnc1. The second-order valence-electron chi connectivity index (χ2n) is 6.07. The maximum atomic E-state index is 12.1. The Bertz CT molecular complexity index is 579. The summed E-state index contributed by atoms with van der Waals surface area (Å²) in [5.41, 5.74) is 1.90. The van der Waals surface area contributed by atoms with Crippen molar-refractivity contribution in [1.29, 1.82) is 0 Å². The van der Waals surface area contributed by atoms with E-state index in [1.807, 2.05) is 13.0 Å². The van der Waals surface area contributed by atoms with Gasteiger partial charge in [0.15, 0.2) is 0 Å². The van der Waals surface area contributed by atoms with Gasteiger partial charge in [0.1, 0.15) is 0 Å². The summed E-state index contributed by atoms with van der Waals surface area (Å²) in [6.45, 7) is 6.45. The van der Waals surface area contributed by atoms with Gasteiger partial charge >= 0.3 is 0 Å². The second kappa shape index (κ2) is 6.53. The molecule has 1 N–H and O–H groups in total. The molecule has 1 amide bonds. The fraction of sp³-hybridized carbons (Fsp3) is 0.333. The number of hydrogen-bond donors (Lipinski definition) is 1. The van der Waals surface area contributed by atoms with Crippen LogP contribution in [-0.4, -0.2) is 16.9 Å². The number of pyridine rings is 1. The Morgan fingerprint density at radius 2 is 1.90 bits per heavy atom. The lowest BCUT2D eigenvalue weighted by Gasteiger charge is -2.29. The lowest BCUT2D eigenvalue weighted by Crippen LogP contribution is -2.37. The molecule has 1 atom stereocenters. The highest BCUT2D eigenvalue weighted by atomic mass is 16.1. The number of aromatic nitrogens is 1. The molecule has 0 fully saturated rings. The third-order valence-corrected chi connectivity index (χ3v) is 3.67. The molecule has 0 aliphatic heterocycles. The summed E-state index contributed by atoms with van der Waals surface area (Å²) in [5.74, 6) is -0.0699. The molecule has 0 saturated heterocycles. The lowest BCUT2D eigenvalue weighted by atomic mass is 9.79. The monoisotopic (exact) mass is 282 g/mol. The number of carbonyl (C=O) groups is 1. The molecule has 2 aromatic rings. The normalized spacial score (nSPS) is 12.7. The van der Waals surface area contributed by atoms with Crippen LogP contribution >= 0.6 is 0 Å². The first-order valence-corrected chi connectivity index (χ1v) is 7.25. The van der Waals surface area contributed by atoms with E-state index in [4.69, 9.17) is 0 Å². The highest BCUT2D eigenvalue weighted by molar-refractivity contribution is 5.93. The Hall–Kier alpha value is -2.16. The molecule has 0 spiro atoms. The number of nitrogens with one attached hydrogen (secondary N) is 1. The van der Waals surface area contributed by atoms with Crippen LogP contribution in [0.1, 0.15) is 43.1 Å². The molecule has 110 valence electrons. The predicted octanol–water partition coefficient (Wildman–Crippen LogP) is 3.57. The molecule has 1 unspecified atom stereocenters. The maximum Gasteiger partial charge on any atom is 0.253 e. The van der Waals surface area contributed by atoms with Crippen molar-refractivity contribution in [2.45, 2.75) is 38.6 Å². The van der Waals surface area contributed by atoms with Crippen molar-refractivity contribution >= 4 is 5.91 Å². The fourth-order valence-electron chi connectivity index (χ4n) is 2.63. The molecule has 1 aromatic carbocycles. The number of carbonyl (C=O) groups excluding carboxylic acids is 1. The van der Waals surface area contributed by atoms with Crippen LogP contribution in [0, 0.1) is 0 Å². The van der Waals surface area contributed by atoms with Crippen LogP contribution in [-0.2, 0) is 5.41 Å². The molecular weight excluding hydrogens is 260 g/mol. The number of rotatable bonds is 5. The molecular formula is C18H22N2O. The highest BCUT2D eigenvalue weighted by Crippen LogP contribution is 2.28. The smallest absolute Gasteiger partial charge is 0.253 e. The van der Waals surface area contributed by atoms with Crippen LogP contribution in [0.4, 0.5) is 0 Å². The fourth-order valence-corrected chi connectivity index (χ4v) is 2.63. The third kappa shape index (κ3) is 4.15. The topological polar surface area (TPSA) is 42.0 Å². The van der Waals surface area contributed by atoms with Crippen molar-refractivity contribution in [3.8, 4) is 0 Å². The van der Waals surface area contributed by atoms with Crippen LogP contribution < -0.4 is 5.32 Å². The summed E-state index contributed by atoms with van der Waals surface area (Å²) in [6, 6.07) is 14.0. The highest BCUT2D eigenvalue weighted by Gasteiger charge is 2.24. The Balaban J connectivity index is 1.98. The number of nitrogens with zero attached hydrogens (tertiary/aromatic N) is 1. The van der Waals surface area contributed by atoms with Gasteiger partial charge < -0.3 is 5.32 Å². The van der Waals surface area contributed by atoms with Gasteiger partial charge in [-0.15, -0.1) is 0 Å². The van der Waals surface area contributed by atoms with Gasteiger partial charge in [-0.05, 0) is 36.5 Å². The Kier molecular flexibility index (Phi) is 4.73. The molecule has 0 radical (unpaired) electrons. The zero-order chi connectivity index (χ0) is 15.3. The van der Waals surface area contributed by atoms with Crippen LogP contribution in [0.25, 0.3) is 0 Å². The van der Waals surface area contributed by atoms with Crippen LogP contribution in [0.3, 0.4) is 0 Å². The van der Waals surface area contributed by atoms with Crippen LogP contribution in [0.15, 0.2) is 54.9 Å². The molecule has 2 rings (SSSR count). The Labute approximate surface area is 126 Å². The summed E-state index contributed by atoms with van der Waals surface area (Å²) in [5, 5.41) is 3.04. The molecule has 1 heterocycles. The van der Waals surface area contributed by atoms with Gasteiger partial charge in [-0.1, -0.05) is 44.2 Å². The summed E-state index contributed by atoms with van der Waals surface area (Å²) >= 11 is 0. The van der Waals surface area contributed by atoms with E-state index in [2.05, 4.69) is 48.4 Å². The Morgan fingerprint density at radius 3 is 2.52 bits per heavy atom. The number of hydrogen-bond acceptors (Lipinski definition) is 2. The molecule has 0 aliphatic rings. The van der Waals surface area contributed by atoms with Gasteiger partial charge in [0, 0.05) is 18.4 Å². The van der Waals surface area contributed by atoms with Gasteiger partial charge in [0.25, 0.3) is 5.91 Å². The Morgan fingerprint density at radius 1 is 1.19 bits per heavy atom. The largest absolute Gasteiger partial charge is 0.350 e. The van der Waals surface area contributed by atoms with E-state index in [9.17, 15) is 4.79 Å². The third-order valence-electron chi connectivity index (χ3n) is 3.67. The number of benzene rings is 1. The van der Waals surface area contributed by atoms with E-state index in [0.29, 0.717) is 5.56 Å². The average Bonchev–Trinajstić information content (AvgIpc) is 2.48. The zero-order valence-electron chi connectivity index (χ0n) is 12.8. The molecule has 0 saturated carbocycles. The summed E-state index contributed by atoms with van der Waals surface area (Å²) in [7, 11) is 0. The molecule has 3 nitrogen and oxygen atoms in total. The minimum absolute atomic E-state index is 0.0168. The van der Waals surface area contributed by atoms with Gasteiger partial charge in [0.05, 0.1) is 5.56 Å². The van der Waals surface area contributed by atoms with Gasteiger partial charge in [-0.2, -0.15) is 0 Å². The second-order valence-corrected chi connectivity index (χ2v) is 6.07. The minimum Gasteiger partial charge on any atom is -0.350 e. The maximum absolute atomic E-state index is 12.1. The zero-order valence-corrected chi connectivity index (χ0v) is 12.8.